The van der Waals surface area contributed by atoms with Crippen LogP contribution in [-0.4, -0.2) is 50.1 Å². The molecule has 0 saturated carbocycles. The lowest BCUT2D eigenvalue weighted by Gasteiger charge is -2.25. The predicted octanol–water partition coefficient (Wildman–Crippen LogP) is 3.31. The molecule has 5 heteroatoms. The first-order chi connectivity index (χ1) is 11.5. The van der Waals surface area contributed by atoms with Gasteiger partial charge in [0.05, 0.1) is 5.57 Å². The van der Waals surface area contributed by atoms with Crippen molar-refractivity contribution < 1.29 is 14.3 Å². The molecule has 1 atom stereocenters. The summed E-state index contributed by atoms with van der Waals surface area (Å²) in [6, 6.07) is 0.0859. The van der Waals surface area contributed by atoms with Gasteiger partial charge >= 0.3 is 5.97 Å². The van der Waals surface area contributed by atoms with E-state index in [0.29, 0.717) is 6.54 Å². The molecule has 0 spiro atoms. The Balaban J connectivity index is 4.41. The van der Waals surface area contributed by atoms with Gasteiger partial charge in [0.2, 0.25) is 0 Å². The summed E-state index contributed by atoms with van der Waals surface area (Å²) in [5.74, 6) is -0.970. The highest BCUT2D eigenvalue weighted by atomic mass is 16.5. The number of ether oxygens (including phenoxy) is 1. The van der Waals surface area contributed by atoms with E-state index in [9.17, 15) is 9.59 Å². The Morgan fingerprint density at radius 3 is 2.28 bits per heavy atom. The molecule has 0 aromatic carbocycles. The van der Waals surface area contributed by atoms with Gasteiger partial charge in [-0.2, -0.15) is 0 Å². The number of likely N-dealkylation sites (N-methyl/N-ethyl adjacent to an activating group) is 1. The van der Waals surface area contributed by atoms with E-state index in [1.54, 1.807) is 0 Å². The molecule has 0 radical (unpaired) electrons. The summed E-state index contributed by atoms with van der Waals surface area (Å²) >= 11 is 0. The molecule has 0 fully saturated rings. The molecule has 0 rings (SSSR count). The lowest BCUT2D eigenvalue weighted by Crippen LogP contribution is -2.36. The van der Waals surface area contributed by atoms with E-state index in [-0.39, 0.29) is 35.1 Å². The van der Waals surface area contributed by atoms with Crippen LogP contribution in [0.4, 0.5) is 0 Å². The molecule has 0 aromatic heterocycles. The van der Waals surface area contributed by atoms with Crippen LogP contribution in [0.25, 0.3) is 0 Å². The highest BCUT2D eigenvalue weighted by Gasteiger charge is 2.22. The van der Waals surface area contributed by atoms with Gasteiger partial charge in [0.25, 0.3) is 5.91 Å². The third-order valence-corrected chi connectivity index (χ3v) is 4.41. The first kappa shape index (κ1) is 23.4. The molecule has 0 aromatic rings. The number of carbonyl (C=O) groups is 2. The lowest BCUT2D eigenvalue weighted by atomic mass is 9.86. The molecule has 0 aliphatic rings. The van der Waals surface area contributed by atoms with Crippen molar-refractivity contribution in [2.24, 2.45) is 5.41 Å². The van der Waals surface area contributed by atoms with Crippen molar-refractivity contribution in [3.63, 3.8) is 0 Å². The van der Waals surface area contributed by atoms with Gasteiger partial charge in [0, 0.05) is 18.2 Å². The maximum Gasteiger partial charge on any atom is 0.338 e. The Hall–Kier alpha value is -1.62. The van der Waals surface area contributed by atoms with Gasteiger partial charge in [0.1, 0.15) is 6.61 Å². The van der Waals surface area contributed by atoms with Crippen molar-refractivity contribution in [1.82, 2.24) is 10.2 Å². The zero-order valence-corrected chi connectivity index (χ0v) is 16.9. The van der Waals surface area contributed by atoms with E-state index in [1.165, 1.54) is 12.8 Å². The molecular formula is C20H36N2O3. The van der Waals surface area contributed by atoms with Gasteiger partial charge < -0.3 is 15.0 Å². The van der Waals surface area contributed by atoms with E-state index in [1.807, 2.05) is 25.9 Å². The van der Waals surface area contributed by atoms with Gasteiger partial charge in [-0.25, -0.2) is 4.79 Å². The van der Waals surface area contributed by atoms with Crippen LogP contribution in [0.5, 0.6) is 0 Å². The Bertz CT molecular complexity index is 481. The highest BCUT2D eigenvalue weighted by Crippen LogP contribution is 2.23. The van der Waals surface area contributed by atoms with Gasteiger partial charge in [-0.1, -0.05) is 53.2 Å². The maximum absolute atomic E-state index is 12.2. The monoisotopic (exact) mass is 352 g/mol. The summed E-state index contributed by atoms with van der Waals surface area (Å²) in [4.78, 5) is 26.2. The molecule has 0 bridgehead atoms. The Labute approximate surface area is 153 Å². The molecule has 1 N–H and O–H groups in total. The quantitative estimate of drug-likeness (QED) is 0.253. The van der Waals surface area contributed by atoms with Crippen molar-refractivity contribution in [2.45, 2.75) is 59.4 Å². The van der Waals surface area contributed by atoms with Crippen LogP contribution in [-0.2, 0) is 14.3 Å². The van der Waals surface area contributed by atoms with Gasteiger partial charge in [-0.3, -0.25) is 4.79 Å². The Morgan fingerprint density at radius 2 is 1.76 bits per heavy atom. The predicted molar refractivity (Wildman–Crippen MR) is 103 cm³/mol. The van der Waals surface area contributed by atoms with E-state index < -0.39 is 5.97 Å². The standard InChI is InChI=1S/C20H36N2O3/c1-9-10-11-12-20(5,6)14-21-18(23)16(3)17(4)19(24)25-13-15(2)22(7)8/h15H,3-4,9-14H2,1-2,5-8H3,(H,21,23). The molecule has 25 heavy (non-hydrogen) atoms. The minimum Gasteiger partial charge on any atom is -0.460 e. The number of nitrogens with zero attached hydrogens (tertiary/aromatic N) is 1. The fourth-order valence-electron chi connectivity index (χ4n) is 2.06. The third-order valence-electron chi connectivity index (χ3n) is 4.41. The van der Waals surface area contributed by atoms with Crippen LogP contribution >= 0.6 is 0 Å². The third kappa shape index (κ3) is 9.44. The number of unbranched alkanes of at least 4 members (excludes halogenated alkanes) is 2. The lowest BCUT2D eigenvalue weighted by molar-refractivity contribution is -0.140. The Morgan fingerprint density at radius 1 is 1.16 bits per heavy atom. The summed E-state index contributed by atoms with van der Waals surface area (Å²) in [6.07, 6.45) is 4.55. The van der Waals surface area contributed by atoms with E-state index >= 15 is 0 Å². The molecule has 144 valence electrons. The van der Waals surface area contributed by atoms with Crippen LogP contribution < -0.4 is 5.32 Å². The summed E-state index contributed by atoms with van der Waals surface area (Å²) in [5.41, 5.74) is 0.0767. The van der Waals surface area contributed by atoms with Crippen molar-refractivity contribution in [2.75, 3.05) is 27.2 Å². The van der Waals surface area contributed by atoms with E-state index in [2.05, 4.69) is 39.2 Å². The second-order valence-corrected chi connectivity index (χ2v) is 7.67. The molecule has 5 nitrogen and oxygen atoms in total. The zero-order valence-electron chi connectivity index (χ0n) is 16.9. The Kier molecular flexibility index (Phi) is 10.4. The summed E-state index contributed by atoms with van der Waals surface area (Å²) < 4.78 is 5.19. The van der Waals surface area contributed by atoms with Crippen LogP contribution in [0.15, 0.2) is 24.3 Å². The first-order valence-electron chi connectivity index (χ1n) is 9.01. The topological polar surface area (TPSA) is 58.6 Å². The molecule has 0 aliphatic carbocycles. The molecule has 0 heterocycles. The molecule has 0 saturated heterocycles. The minimum atomic E-state index is -0.601. The number of hydrogen-bond acceptors (Lipinski definition) is 4. The number of nitrogens with one attached hydrogen (secondary N) is 1. The van der Waals surface area contributed by atoms with Gasteiger partial charge in [-0.05, 0) is 32.9 Å². The van der Waals surface area contributed by atoms with Crippen LogP contribution in [0.1, 0.15) is 53.4 Å². The SMILES string of the molecule is C=C(C(=C)C(=O)OCC(C)N(C)C)C(=O)NCC(C)(C)CCCCC. The molecule has 1 unspecified atom stereocenters. The highest BCUT2D eigenvalue weighted by molar-refractivity contribution is 6.08. The van der Waals surface area contributed by atoms with Crippen molar-refractivity contribution in [1.29, 1.82) is 0 Å². The molecular weight excluding hydrogens is 316 g/mol. The maximum atomic E-state index is 12.2. The van der Waals surface area contributed by atoms with Crippen LogP contribution in [0.2, 0.25) is 0 Å². The minimum absolute atomic E-state index is 0.00671. The number of esters is 1. The number of rotatable bonds is 12. The normalized spacial score (nSPS) is 12.6. The van der Waals surface area contributed by atoms with Crippen LogP contribution in [0, 0.1) is 5.41 Å². The number of amides is 1. The molecule has 0 aliphatic heterocycles. The number of carbonyl (C=O) groups excluding carboxylic acids is 2. The van der Waals surface area contributed by atoms with Crippen molar-refractivity contribution >= 4 is 11.9 Å². The smallest absolute Gasteiger partial charge is 0.338 e. The summed E-state index contributed by atoms with van der Waals surface area (Å²) in [6.45, 7) is 16.5. The fraction of sp³-hybridized carbons (Fsp3) is 0.700. The van der Waals surface area contributed by atoms with Gasteiger partial charge in [-0.15, -0.1) is 0 Å². The summed E-state index contributed by atoms with van der Waals surface area (Å²) in [5, 5.41) is 2.85. The average molecular weight is 353 g/mol. The largest absolute Gasteiger partial charge is 0.460 e. The fourth-order valence-corrected chi connectivity index (χ4v) is 2.06. The second-order valence-electron chi connectivity index (χ2n) is 7.67. The molecule has 1 amide bonds. The van der Waals surface area contributed by atoms with E-state index in [0.717, 1.165) is 12.8 Å². The van der Waals surface area contributed by atoms with Crippen molar-refractivity contribution in [3.8, 4) is 0 Å². The number of hydrogen-bond donors (Lipinski definition) is 1. The van der Waals surface area contributed by atoms with Crippen LogP contribution in [0.3, 0.4) is 0 Å². The van der Waals surface area contributed by atoms with Gasteiger partial charge in [0.15, 0.2) is 0 Å². The average Bonchev–Trinajstić information content (AvgIpc) is 2.55. The van der Waals surface area contributed by atoms with E-state index in [4.69, 9.17) is 4.74 Å². The zero-order chi connectivity index (χ0) is 19.6. The van der Waals surface area contributed by atoms with Crippen molar-refractivity contribution in [3.05, 3.63) is 24.3 Å². The summed E-state index contributed by atoms with van der Waals surface area (Å²) in [7, 11) is 3.81. The first-order valence-corrected chi connectivity index (χ1v) is 9.01. The second kappa shape index (κ2) is 11.1.